The summed E-state index contributed by atoms with van der Waals surface area (Å²) in [6, 6.07) is 2.80. The van der Waals surface area contributed by atoms with Crippen LogP contribution >= 0.6 is 0 Å². The Morgan fingerprint density at radius 1 is 1.24 bits per heavy atom. The predicted molar refractivity (Wildman–Crippen MR) is 92.8 cm³/mol. The maximum atomic E-state index is 12.5. The molecule has 138 valence electrons. The van der Waals surface area contributed by atoms with Crippen molar-refractivity contribution >= 4 is 21.9 Å². The van der Waals surface area contributed by atoms with Gasteiger partial charge < -0.3 is 10.0 Å². The molecule has 1 atom stereocenters. The smallest absolute Gasteiger partial charge is 0.326 e. The van der Waals surface area contributed by atoms with Crippen molar-refractivity contribution in [3.63, 3.8) is 0 Å². The lowest BCUT2D eigenvalue weighted by Gasteiger charge is -2.21. The largest absolute Gasteiger partial charge is 0.480 e. The molecule has 1 aromatic carbocycles. The van der Waals surface area contributed by atoms with Gasteiger partial charge in [0.25, 0.3) is 0 Å². The molecule has 7 nitrogen and oxygen atoms in total. The fourth-order valence-electron chi connectivity index (χ4n) is 3.42. The topological polar surface area (TPSA) is 104 Å². The Labute approximate surface area is 148 Å². The number of carboxylic acids is 1. The summed E-state index contributed by atoms with van der Waals surface area (Å²) in [7, 11) is -3.72. The minimum Gasteiger partial charge on any atom is -0.480 e. The fourth-order valence-corrected chi connectivity index (χ4v) is 4.90. The van der Waals surface area contributed by atoms with Gasteiger partial charge in [-0.2, -0.15) is 0 Å². The van der Waals surface area contributed by atoms with Gasteiger partial charge in [0.15, 0.2) is 0 Å². The third-order valence-corrected chi connectivity index (χ3v) is 6.13. The summed E-state index contributed by atoms with van der Waals surface area (Å²) in [4.78, 5) is 24.9. The zero-order valence-corrected chi connectivity index (χ0v) is 15.5. The molecule has 2 N–H and O–H groups in total. The molecule has 0 spiro atoms. The first-order chi connectivity index (χ1) is 11.6. The summed E-state index contributed by atoms with van der Waals surface area (Å²) in [5, 5.41) is 9.11. The SMILES string of the molecule is Cc1cc(C)c(S(=O)(=O)NCCC(=O)N2CCC[C@H]2C(=O)O)c(C)c1. The Kier molecular flexibility index (Phi) is 5.84. The molecule has 0 saturated carbocycles. The van der Waals surface area contributed by atoms with Crippen LogP contribution in [0.2, 0.25) is 0 Å². The number of aliphatic carboxylic acids is 1. The number of hydrogen-bond acceptors (Lipinski definition) is 4. The minimum absolute atomic E-state index is 0.0588. The van der Waals surface area contributed by atoms with Crippen LogP contribution in [0.4, 0.5) is 0 Å². The van der Waals surface area contributed by atoms with Gasteiger partial charge in [0, 0.05) is 19.5 Å². The normalized spacial score (nSPS) is 17.7. The number of benzene rings is 1. The van der Waals surface area contributed by atoms with Crippen LogP contribution in [0.25, 0.3) is 0 Å². The second-order valence-electron chi connectivity index (χ2n) is 6.46. The second-order valence-corrected chi connectivity index (χ2v) is 8.16. The number of likely N-dealkylation sites (tertiary alicyclic amines) is 1. The van der Waals surface area contributed by atoms with Crippen molar-refractivity contribution in [2.75, 3.05) is 13.1 Å². The first-order valence-electron chi connectivity index (χ1n) is 8.23. The fraction of sp³-hybridized carbons (Fsp3) is 0.529. The van der Waals surface area contributed by atoms with Gasteiger partial charge in [-0.25, -0.2) is 17.9 Å². The number of carbonyl (C=O) groups is 2. The van der Waals surface area contributed by atoms with Gasteiger partial charge >= 0.3 is 5.97 Å². The Morgan fingerprint density at radius 2 is 1.84 bits per heavy atom. The molecule has 8 heteroatoms. The van der Waals surface area contributed by atoms with Crippen molar-refractivity contribution in [2.24, 2.45) is 0 Å². The van der Waals surface area contributed by atoms with E-state index in [1.807, 2.05) is 6.92 Å². The van der Waals surface area contributed by atoms with Gasteiger partial charge in [0.05, 0.1) is 4.90 Å². The van der Waals surface area contributed by atoms with E-state index in [2.05, 4.69) is 4.72 Å². The lowest BCUT2D eigenvalue weighted by Crippen LogP contribution is -2.41. The van der Waals surface area contributed by atoms with E-state index in [1.54, 1.807) is 26.0 Å². The minimum atomic E-state index is -3.72. The molecule has 25 heavy (non-hydrogen) atoms. The number of hydrogen-bond donors (Lipinski definition) is 2. The van der Waals surface area contributed by atoms with Gasteiger partial charge in [-0.05, 0) is 44.7 Å². The lowest BCUT2D eigenvalue weighted by atomic mass is 10.1. The predicted octanol–water partition coefficient (Wildman–Crippen LogP) is 1.36. The molecular weight excluding hydrogens is 344 g/mol. The summed E-state index contributed by atoms with van der Waals surface area (Å²) < 4.78 is 27.5. The molecule has 1 fully saturated rings. The van der Waals surface area contributed by atoms with Gasteiger partial charge in [0.1, 0.15) is 6.04 Å². The van der Waals surface area contributed by atoms with Crippen LogP contribution in [0.15, 0.2) is 17.0 Å². The van der Waals surface area contributed by atoms with Crippen LogP contribution in [0, 0.1) is 20.8 Å². The lowest BCUT2D eigenvalue weighted by molar-refractivity contribution is -0.148. The van der Waals surface area contributed by atoms with Crippen molar-refractivity contribution in [1.82, 2.24) is 9.62 Å². The van der Waals surface area contributed by atoms with Gasteiger partial charge in [-0.3, -0.25) is 4.79 Å². The molecule has 1 saturated heterocycles. The van der Waals surface area contributed by atoms with E-state index in [4.69, 9.17) is 5.11 Å². The standard InChI is InChI=1S/C17H24N2O5S/c1-11-9-12(2)16(13(3)10-11)25(23,24)18-7-6-15(20)19-8-4-5-14(19)17(21)22/h9-10,14,18H,4-8H2,1-3H3,(H,21,22)/t14-/m0/s1. The zero-order chi connectivity index (χ0) is 18.8. The molecule has 1 aromatic rings. The molecular formula is C17H24N2O5S. The van der Waals surface area contributed by atoms with Crippen LogP contribution in [0.3, 0.4) is 0 Å². The molecule has 0 aromatic heterocycles. The van der Waals surface area contributed by atoms with E-state index in [1.165, 1.54) is 4.90 Å². The quantitative estimate of drug-likeness (QED) is 0.789. The van der Waals surface area contributed by atoms with Crippen molar-refractivity contribution in [1.29, 1.82) is 0 Å². The number of rotatable bonds is 6. The number of nitrogens with one attached hydrogen (secondary N) is 1. The van der Waals surface area contributed by atoms with Crippen molar-refractivity contribution in [3.05, 3.63) is 28.8 Å². The van der Waals surface area contributed by atoms with Crippen molar-refractivity contribution in [3.8, 4) is 0 Å². The van der Waals surface area contributed by atoms with E-state index >= 15 is 0 Å². The number of sulfonamides is 1. The highest BCUT2D eigenvalue weighted by Crippen LogP contribution is 2.22. The number of aryl methyl sites for hydroxylation is 3. The highest BCUT2D eigenvalue weighted by molar-refractivity contribution is 7.89. The molecule has 0 aliphatic carbocycles. The Bertz CT molecular complexity index is 765. The van der Waals surface area contributed by atoms with Crippen LogP contribution in [-0.4, -0.2) is 49.4 Å². The van der Waals surface area contributed by atoms with E-state index in [-0.39, 0.29) is 23.8 Å². The number of amides is 1. The van der Waals surface area contributed by atoms with Crippen LogP contribution < -0.4 is 4.72 Å². The Balaban J connectivity index is 2.01. The zero-order valence-electron chi connectivity index (χ0n) is 14.7. The highest BCUT2D eigenvalue weighted by Gasteiger charge is 2.33. The molecule has 1 aliphatic heterocycles. The molecule has 0 bridgehead atoms. The molecule has 2 rings (SSSR count). The summed E-state index contributed by atoms with van der Waals surface area (Å²) in [6.07, 6.45) is 1.03. The summed E-state index contributed by atoms with van der Waals surface area (Å²) >= 11 is 0. The van der Waals surface area contributed by atoms with E-state index < -0.39 is 22.0 Å². The molecule has 1 heterocycles. The van der Waals surface area contributed by atoms with Gasteiger partial charge in [-0.1, -0.05) is 17.7 Å². The number of nitrogens with zero attached hydrogens (tertiary/aromatic N) is 1. The number of carboxylic acid groups (broad SMARTS) is 1. The van der Waals surface area contributed by atoms with Crippen molar-refractivity contribution < 1.29 is 23.1 Å². The molecule has 0 unspecified atom stereocenters. The van der Waals surface area contributed by atoms with Crippen molar-refractivity contribution in [2.45, 2.75) is 51.0 Å². The maximum absolute atomic E-state index is 12.5. The average Bonchev–Trinajstić information content (AvgIpc) is 2.94. The molecule has 0 radical (unpaired) electrons. The molecule has 1 amide bonds. The second kappa shape index (κ2) is 7.53. The van der Waals surface area contributed by atoms with E-state index in [9.17, 15) is 18.0 Å². The summed E-state index contributed by atoms with van der Waals surface area (Å²) in [6.45, 7) is 5.72. The van der Waals surface area contributed by atoms with E-state index in [0.717, 1.165) is 5.56 Å². The maximum Gasteiger partial charge on any atom is 0.326 e. The van der Waals surface area contributed by atoms with Crippen LogP contribution in [0.1, 0.15) is 36.0 Å². The third kappa shape index (κ3) is 4.38. The first-order valence-corrected chi connectivity index (χ1v) is 9.71. The summed E-state index contributed by atoms with van der Waals surface area (Å²) in [5.74, 6) is -1.36. The Morgan fingerprint density at radius 3 is 2.40 bits per heavy atom. The Hall–Kier alpha value is -1.93. The van der Waals surface area contributed by atoms with Crippen LogP contribution in [0.5, 0.6) is 0 Å². The third-order valence-electron chi connectivity index (χ3n) is 4.36. The average molecular weight is 368 g/mol. The molecule has 1 aliphatic rings. The highest BCUT2D eigenvalue weighted by atomic mass is 32.2. The van der Waals surface area contributed by atoms with E-state index in [0.29, 0.717) is 30.5 Å². The first kappa shape index (κ1) is 19.4. The monoisotopic (exact) mass is 368 g/mol. The van der Waals surface area contributed by atoms with Gasteiger partial charge in [-0.15, -0.1) is 0 Å². The van der Waals surface area contributed by atoms with Gasteiger partial charge in [0.2, 0.25) is 15.9 Å². The van der Waals surface area contributed by atoms with Crippen LogP contribution in [-0.2, 0) is 19.6 Å². The number of carbonyl (C=O) groups excluding carboxylic acids is 1. The summed E-state index contributed by atoms with van der Waals surface area (Å²) in [5.41, 5.74) is 2.29.